The summed E-state index contributed by atoms with van der Waals surface area (Å²) in [5.74, 6) is -2.54. The lowest BCUT2D eigenvalue weighted by Crippen LogP contribution is -2.59. The number of hydrogen-bond acceptors (Lipinski definition) is 3. The predicted molar refractivity (Wildman–Crippen MR) is 70.3 cm³/mol. The van der Waals surface area contributed by atoms with Crippen LogP contribution in [0.2, 0.25) is 0 Å². The number of benzene rings is 1. The Morgan fingerprint density at radius 1 is 1.32 bits per heavy atom. The molecule has 2 atom stereocenters. The van der Waals surface area contributed by atoms with E-state index in [1.165, 1.54) is 0 Å². The van der Waals surface area contributed by atoms with E-state index in [2.05, 4.69) is 5.32 Å². The Morgan fingerprint density at radius 3 is 2.37 bits per heavy atom. The first kappa shape index (κ1) is 15.2. The van der Waals surface area contributed by atoms with Crippen molar-refractivity contribution >= 4 is 11.9 Å². The van der Waals surface area contributed by atoms with Crippen molar-refractivity contribution in [1.29, 1.82) is 0 Å². The largest absolute Gasteiger partial charge is 0.478 e. The predicted octanol–water partition coefficient (Wildman–Crippen LogP) is 1.16. The topological polar surface area (TPSA) is 86.6 Å². The van der Waals surface area contributed by atoms with Crippen LogP contribution in [0.4, 0.5) is 0 Å². The van der Waals surface area contributed by atoms with Gasteiger partial charge in [0.2, 0.25) is 11.6 Å². The van der Waals surface area contributed by atoms with Gasteiger partial charge >= 0.3 is 5.97 Å². The monoisotopic (exact) mass is 265 g/mol. The number of rotatable bonds is 6. The molecule has 0 radical (unpaired) electrons. The van der Waals surface area contributed by atoms with Gasteiger partial charge in [-0.3, -0.25) is 4.79 Å². The fraction of sp³-hybridized carbons (Fsp3) is 0.429. The van der Waals surface area contributed by atoms with E-state index in [1.54, 1.807) is 38.1 Å². The van der Waals surface area contributed by atoms with E-state index in [9.17, 15) is 14.7 Å². The Morgan fingerprint density at radius 2 is 1.89 bits per heavy atom. The maximum absolute atomic E-state index is 11.8. The second-order valence-corrected chi connectivity index (χ2v) is 4.59. The van der Waals surface area contributed by atoms with Crippen molar-refractivity contribution in [3.8, 4) is 0 Å². The van der Waals surface area contributed by atoms with Gasteiger partial charge < -0.3 is 15.5 Å². The molecule has 3 N–H and O–H groups in total. The van der Waals surface area contributed by atoms with Crippen LogP contribution in [0.3, 0.4) is 0 Å². The summed E-state index contributed by atoms with van der Waals surface area (Å²) in [5.41, 5.74) is -1.46. The van der Waals surface area contributed by atoms with Gasteiger partial charge in [0.25, 0.3) is 0 Å². The zero-order valence-electron chi connectivity index (χ0n) is 11.1. The van der Waals surface area contributed by atoms with Crippen molar-refractivity contribution in [3.05, 3.63) is 35.9 Å². The molecule has 5 nitrogen and oxygen atoms in total. The highest BCUT2D eigenvalue weighted by Crippen LogP contribution is 2.18. The van der Waals surface area contributed by atoms with Gasteiger partial charge in [-0.2, -0.15) is 0 Å². The first-order valence-corrected chi connectivity index (χ1v) is 6.20. The molecule has 104 valence electrons. The summed E-state index contributed by atoms with van der Waals surface area (Å²) in [7, 11) is 0. The van der Waals surface area contributed by atoms with Gasteiger partial charge in [-0.1, -0.05) is 44.2 Å². The number of hydrogen-bond donors (Lipinski definition) is 3. The van der Waals surface area contributed by atoms with E-state index in [0.29, 0.717) is 6.42 Å². The first-order valence-electron chi connectivity index (χ1n) is 6.20. The molecule has 0 bridgehead atoms. The molecule has 0 saturated heterocycles. The summed E-state index contributed by atoms with van der Waals surface area (Å²) in [4.78, 5) is 23.0. The lowest BCUT2D eigenvalue weighted by molar-refractivity contribution is -0.172. The number of carbonyl (C=O) groups is 2. The van der Waals surface area contributed by atoms with Crippen LogP contribution >= 0.6 is 0 Å². The second-order valence-electron chi connectivity index (χ2n) is 4.59. The molecule has 5 heteroatoms. The van der Waals surface area contributed by atoms with Crippen LogP contribution in [0.1, 0.15) is 25.8 Å². The highest BCUT2D eigenvalue weighted by Gasteiger charge is 2.42. The minimum Gasteiger partial charge on any atom is -0.478 e. The Kier molecular flexibility index (Phi) is 5.06. The van der Waals surface area contributed by atoms with E-state index in [-0.39, 0.29) is 6.42 Å². The average Bonchev–Trinajstić information content (AvgIpc) is 2.38. The quantitative estimate of drug-likeness (QED) is 0.674. The van der Waals surface area contributed by atoms with E-state index < -0.39 is 23.5 Å². The van der Waals surface area contributed by atoms with Crippen molar-refractivity contribution in [1.82, 2.24) is 5.32 Å². The van der Waals surface area contributed by atoms with Gasteiger partial charge in [0.05, 0.1) is 6.42 Å². The van der Waals surface area contributed by atoms with Gasteiger partial charge in [0.1, 0.15) is 0 Å². The molecule has 0 aliphatic heterocycles. The van der Waals surface area contributed by atoms with Gasteiger partial charge in [-0.25, -0.2) is 4.79 Å². The zero-order valence-corrected chi connectivity index (χ0v) is 11.1. The van der Waals surface area contributed by atoms with E-state index >= 15 is 0 Å². The highest BCUT2D eigenvalue weighted by atomic mass is 16.4. The third-order valence-electron chi connectivity index (χ3n) is 3.19. The molecule has 0 unspecified atom stereocenters. The number of carboxylic acids is 1. The van der Waals surface area contributed by atoms with Gasteiger partial charge in [0.15, 0.2) is 0 Å². The third kappa shape index (κ3) is 3.79. The Bertz CT molecular complexity index is 446. The number of nitrogens with one attached hydrogen (secondary N) is 1. The molecule has 1 rings (SSSR count). The minimum absolute atomic E-state index is 0.0346. The van der Waals surface area contributed by atoms with Crippen LogP contribution in [-0.2, 0) is 16.0 Å². The Hall–Kier alpha value is -1.88. The minimum atomic E-state index is -2.22. The maximum atomic E-state index is 11.8. The molecule has 1 amide bonds. The third-order valence-corrected chi connectivity index (χ3v) is 3.19. The van der Waals surface area contributed by atoms with E-state index in [0.717, 1.165) is 5.56 Å². The van der Waals surface area contributed by atoms with Crippen molar-refractivity contribution in [2.45, 2.75) is 32.4 Å². The average molecular weight is 265 g/mol. The van der Waals surface area contributed by atoms with Gasteiger partial charge in [-0.05, 0) is 12.0 Å². The molecule has 0 aliphatic carbocycles. The molecular formula is C14H19NO4. The van der Waals surface area contributed by atoms with Crippen molar-refractivity contribution in [2.24, 2.45) is 5.92 Å². The fourth-order valence-electron chi connectivity index (χ4n) is 1.72. The lowest BCUT2D eigenvalue weighted by atomic mass is 9.94. The summed E-state index contributed by atoms with van der Waals surface area (Å²) < 4.78 is 0. The normalized spacial score (nSPS) is 15.3. The molecule has 0 spiro atoms. The van der Waals surface area contributed by atoms with Gasteiger partial charge in [-0.15, -0.1) is 0 Å². The molecule has 0 heterocycles. The molecule has 0 aliphatic rings. The van der Waals surface area contributed by atoms with Crippen LogP contribution < -0.4 is 5.32 Å². The Labute approximate surface area is 112 Å². The summed E-state index contributed by atoms with van der Waals surface area (Å²) in [6.07, 6.45) is 0.473. The number of aliphatic hydroxyl groups is 1. The molecule has 0 saturated carbocycles. The first-order chi connectivity index (χ1) is 8.90. The number of carboxylic acid groups (broad SMARTS) is 1. The van der Waals surface area contributed by atoms with Crippen LogP contribution in [0.15, 0.2) is 30.3 Å². The number of carbonyl (C=O) groups excluding carboxylic acids is 1. The van der Waals surface area contributed by atoms with E-state index in [1.807, 2.05) is 6.07 Å². The molecular weight excluding hydrogens is 246 g/mol. The standard InChI is InChI=1S/C14H19NO4/c1-3-10(2)14(19,13(17)18)15-12(16)9-11-7-5-4-6-8-11/h4-8,10,19H,3,9H2,1-2H3,(H,15,16)(H,17,18)/t10-,14+/m0/s1. The number of amides is 1. The molecule has 0 aromatic heterocycles. The molecule has 1 aromatic carbocycles. The lowest BCUT2D eigenvalue weighted by Gasteiger charge is -2.30. The summed E-state index contributed by atoms with van der Waals surface area (Å²) in [5, 5.41) is 21.4. The summed E-state index contributed by atoms with van der Waals surface area (Å²) >= 11 is 0. The maximum Gasteiger partial charge on any atom is 0.357 e. The Balaban J connectivity index is 2.75. The summed E-state index contributed by atoms with van der Waals surface area (Å²) in [6.45, 7) is 3.33. The molecule has 1 aromatic rings. The van der Waals surface area contributed by atoms with E-state index in [4.69, 9.17) is 5.11 Å². The second kappa shape index (κ2) is 6.33. The van der Waals surface area contributed by atoms with Crippen LogP contribution in [0, 0.1) is 5.92 Å². The van der Waals surface area contributed by atoms with Crippen LogP contribution in [0.25, 0.3) is 0 Å². The van der Waals surface area contributed by atoms with Crippen molar-refractivity contribution < 1.29 is 19.8 Å². The van der Waals surface area contributed by atoms with Crippen molar-refractivity contribution in [2.75, 3.05) is 0 Å². The smallest absolute Gasteiger partial charge is 0.357 e. The van der Waals surface area contributed by atoms with Crippen LogP contribution in [-0.4, -0.2) is 27.8 Å². The highest BCUT2D eigenvalue weighted by molar-refractivity contribution is 5.86. The molecule has 19 heavy (non-hydrogen) atoms. The number of aliphatic carboxylic acids is 1. The summed E-state index contributed by atoms with van der Waals surface area (Å²) in [6, 6.07) is 8.95. The SMILES string of the molecule is CC[C@H](C)[C@](O)(NC(=O)Cc1ccccc1)C(=O)O. The zero-order chi connectivity index (χ0) is 14.5. The molecule has 0 fully saturated rings. The van der Waals surface area contributed by atoms with Crippen molar-refractivity contribution in [3.63, 3.8) is 0 Å². The fourth-order valence-corrected chi connectivity index (χ4v) is 1.72. The van der Waals surface area contributed by atoms with Crippen LogP contribution in [0.5, 0.6) is 0 Å². The van der Waals surface area contributed by atoms with Gasteiger partial charge in [0, 0.05) is 5.92 Å².